The number of guanidine groups is 1. The number of aliphatic imine (C=N–C) groups is 1. The van der Waals surface area contributed by atoms with E-state index in [-0.39, 0.29) is 18.9 Å². The normalized spacial score (nSPS) is 14.0. The Morgan fingerprint density at radius 3 is 2.77 bits per heavy atom. The molecule has 26 heavy (non-hydrogen) atoms. The van der Waals surface area contributed by atoms with Crippen LogP contribution < -0.4 is 15.4 Å². The molecule has 0 saturated heterocycles. The van der Waals surface area contributed by atoms with E-state index >= 15 is 0 Å². The van der Waals surface area contributed by atoms with Gasteiger partial charge in [0, 0.05) is 12.6 Å². The summed E-state index contributed by atoms with van der Waals surface area (Å²) in [5.74, 6) is -0.869. The number of thiophene rings is 1. The Balaban J connectivity index is 1.85. The van der Waals surface area contributed by atoms with Crippen molar-refractivity contribution in [2.24, 2.45) is 4.99 Å². The van der Waals surface area contributed by atoms with Crippen LogP contribution in [0.4, 0.5) is 8.78 Å². The molecule has 2 rings (SSSR count). The Labute approximate surface area is 155 Å². The molecule has 0 aliphatic rings. The summed E-state index contributed by atoms with van der Waals surface area (Å²) >= 11 is 1.52. The number of ether oxygens (including phenoxy) is 1. The van der Waals surface area contributed by atoms with E-state index in [1.54, 1.807) is 6.92 Å². The minimum Gasteiger partial charge on any atom is -0.489 e. The van der Waals surface area contributed by atoms with Crippen molar-refractivity contribution in [3.05, 3.63) is 52.2 Å². The van der Waals surface area contributed by atoms with E-state index in [0.717, 1.165) is 17.7 Å². The van der Waals surface area contributed by atoms with Gasteiger partial charge < -0.3 is 20.5 Å². The SMILES string of the molecule is CCNC(=NCC(C)(O)c1ccsc1)NCCOc1ccc(F)cc1F. The second kappa shape index (κ2) is 9.49. The van der Waals surface area contributed by atoms with E-state index in [0.29, 0.717) is 19.0 Å². The van der Waals surface area contributed by atoms with Crippen molar-refractivity contribution in [1.29, 1.82) is 0 Å². The van der Waals surface area contributed by atoms with E-state index in [2.05, 4.69) is 15.6 Å². The van der Waals surface area contributed by atoms with E-state index in [1.165, 1.54) is 17.4 Å². The number of nitrogens with zero attached hydrogens (tertiary/aromatic N) is 1. The zero-order valence-electron chi connectivity index (χ0n) is 14.8. The smallest absolute Gasteiger partial charge is 0.191 e. The molecule has 1 atom stereocenters. The van der Waals surface area contributed by atoms with Crippen LogP contribution in [0.5, 0.6) is 5.75 Å². The molecule has 0 bridgehead atoms. The average molecular weight is 383 g/mol. The third kappa shape index (κ3) is 5.96. The molecule has 1 aromatic carbocycles. The highest BCUT2D eigenvalue weighted by atomic mass is 32.1. The summed E-state index contributed by atoms with van der Waals surface area (Å²) in [5.41, 5.74) is -0.243. The summed E-state index contributed by atoms with van der Waals surface area (Å²) < 4.78 is 31.6. The standard InChI is InChI=1S/C18H23F2N3O2S/c1-3-21-17(23-12-18(2,24)13-6-9-26-11-13)22-7-8-25-16-5-4-14(19)10-15(16)20/h4-6,9-11,24H,3,7-8,12H2,1-2H3,(H2,21,22,23). The Kier molecular flexibility index (Phi) is 7.35. The first kappa shape index (κ1) is 20.1. The molecule has 3 N–H and O–H groups in total. The molecule has 1 aromatic heterocycles. The van der Waals surface area contributed by atoms with Crippen molar-refractivity contribution < 1.29 is 18.6 Å². The first-order valence-electron chi connectivity index (χ1n) is 8.27. The number of hydrogen-bond donors (Lipinski definition) is 3. The van der Waals surface area contributed by atoms with Gasteiger partial charge in [-0.3, -0.25) is 0 Å². The molecule has 5 nitrogen and oxygen atoms in total. The lowest BCUT2D eigenvalue weighted by Gasteiger charge is -2.21. The molecule has 8 heteroatoms. The maximum absolute atomic E-state index is 13.5. The van der Waals surface area contributed by atoms with Gasteiger partial charge in [0.05, 0.1) is 13.1 Å². The van der Waals surface area contributed by atoms with E-state index in [4.69, 9.17) is 4.74 Å². The van der Waals surface area contributed by atoms with Gasteiger partial charge in [0.2, 0.25) is 0 Å². The molecule has 0 aliphatic carbocycles. The first-order chi connectivity index (χ1) is 12.4. The van der Waals surface area contributed by atoms with Crippen molar-refractivity contribution in [3.63, 3.8) is 0 Å². The van der Waals surface area contributed by atoms with Crippen molar-refractivity contribution in [2.45, 2.75) is 19.4 Å². The fourth-order valence-corrected chi connectivity index (χ4v) is 2.94. The van der Waals surface area contributed by atoms with Crippen LogP contribution in [0.1, 0.15) is 19.4 Å². The Bertz CT molecular complexity index is 721. The van der Waals surface area contributed by atoms with Crippen molar-refractivity contribution in [3.8, 4) is 5.75 Å². The molecular weight excluding hydrogens is 360 g/mol. The molecule has 0 amide bonds. The summed E-state index contributed by atoms with van der Waals surface area (Å²) in [5, 5.41) is 20.4. The monoisotopic (exact) mass is 383 g/mol. The predicted octanol–water partition coefficient (Wildman–Crippen LogP) is 2.87. The largest absolute Gasteiger partial charge is 0.489 e. The molecule has 142 valence electrons. The minimum atomic E-state index is -1.06. The summed E-state index contributed by atoms with van der Waals surface area (Å²) in [6.45, 7) is 5.02. The van der Waals surface area contributed by atoms with Crippen LogP contribution in [0.15, 0.2) is 40.0 Å². The Morgan fingerprint density at radius 1 is 1.31 bits per heavy atom. The van der Waals surface area contributed by atoms with Crippen molar-refractivity contribution >= 4 is 17.3 Å². The van der Waals surface area contributed by atoms with Gasteiger partial charge in [-0.15, -0.1) is 0 Å². The predicted molar refractivity (Wildman–Crippen MR) is 99.7 cm³/mol. The van der Waals surface area contributed by atoms with Gasteiger partial charge in [-0.05, 0) is 48.4 Å². The van der Waals surface area contributed by atoms with Crippen LogP contribution in [0.25, 0.3) is 0 Å². The van der Waals surface area contributed by atoms with Gasteiger partial charge >= 0.3 is 0 Å². The van der Waals surface area contributed by atoms with Gasteiger partial charge in [-0.2, -0.15) is 11.3 Å². The van der Waals surface area contributed by atoms with Crippen LogP contribution >= 0.6 is 11.3 Å². The molecule has 1 unspecified atom stereocenters. The highest BCUT2D eigenvalue weighted by Gasteiger charge is 2.23. The zero-order valence-corrected chi connectivity index (χ0v) is 15.6. The molecule has 2 aromatic rings. The second-order valence-corrected chi connectivity index (χ2v) is 6.61. The molecule has 1 heterocycles. The molecular formula is C18H23F2N3O2S. The minimum absolute atomic E-state index is 0.00414. The van der Waals surface area contributed by atoms with Crippen LogP contribution in [0, 0.1) is 11.6 Å². The fourth-order valence-electron chi connectivity index (χ4n) is 2.16. The maximum Gasteiger partial charge on any atom is 0.191 e. The summed E-state index contributed by atoms with van der Waals surface area (Å²) in [7, 11) is 0. The molecule has 0 fully saturated rings. The van der Waals surface area contributed by atoms with Crippen LogP contribution in [0.2, 0.25) is 0 Å². The van der Waals surface area contributed by atoms with E-state index in [9.17, 15) is 13.9 Å². The quantitative estimate of drug-likeness (QED) is 0.373. The Morgan fingerprint density at radius 2 is 2.12 bits per heavy atom. The van der Waals surface area contributed by atoms with Gasteiger partial charge in [-0.25, -0.2) is 13.8 Å². The number of halogens is 2. The Hall–Kier alpha value is -2.19. The van der Waals surface area contributed by atoms with Crippen LogP contribution in [-0.2, 0) is 5.60 Å². The second-order valence-electron chi connectivity index (χ2n) is 5.83. The van der Waals surface area contributed by atoms with E-state index in [1.807, 2.05) is 23.8 Å². The highest BCUT2D eigenvalue weighted by Crippen LogP contribution is 2.23. The van der Waals surface area contributed by atoms with Gasteiger partial charge in [0.25, 0.3) is 0 Å². The first-order valence-corrected chi connectivity index (χ1v) is 9.21. The highest BCUT2D eigenvalue weighted by molar-refractivity contribution is 7.08. The lowest BCUT2D eigenvalue weighted by Crippen LogP contribution is -2.40. The van der Waals surface area contributed by atoms with Crippen molar-refractivity contribution in [2.75, 3.05) is 26.2 Å². The van der Waals surface area contributed by atoms with Crippen LogP contribution in [-0.4, -0.2) is 37.3 Å². The average Bonchev–Trinajstić information content (AvgIpc) is 3.13. The topological polar surface area (TPSA) is 65.9 Å². The number of nitrogens with one attached hydrogen (secondary N) is 2. The van der Waals surface area contributed by atoms with Crippen LogP contribution in [0.3, 0.4) is 0 Å². The lowest BCUT2D eigenvalue weighted by atomic mass is 10.00. The number of benzene rings is 1. The lowest BCUT2D eigenvalue weighted by molar-refractivity contribution is 0.0677. The third-order valence-corrected chi connectivity index (χ3v) is 4.26. The van der Waals surface area contributed by atoms with E-state index < -0.39 is 17.2 Å². The molecule has 0 saturated carbocycles. The van der Waals surface area contributed by atoms with Gasteiger partial charge in [0.15, 0.2) is 17.5 Å². The molecule has 0 aliphatic heterocycles. The number of hydrogen-bond acceptors (Lipinski definition) is 4. The maximum atomic E-state index is 13.5. The van der Waals surface area contributed by atoms with Gasteiger partial charge in [-0.1, -0.05) is 0 Å². The fraction of sp³-hybridized carbons (Fsp3) is 0.389. The number of aliphatic hydroxyl groups is 1. The summed E-state index contributed by atoms with van der Waals surface area (Å²) in [6, 6.07) is 5.04. The zero-order chi connectivity index (χ0) is 19.0. The number of rotatable bonds is 8. The third-order valence-electron chi connectivity index (χ3n) is 3.58. The summed E-state index contributed by atoms with van der Waals surface area (Å²) in [4.78, 5) is 4.38. The van der Waals surface area contributed by atoms with Gasteiger partial charge in [0.1, 0.15) is 18.0 Å². The van der Waals surface area contributed by atoms with Crippen molar-refractivity contribution in [1.82, 2.24) is 10.6 Å². The molecule has 0 spiro atoms. The molecule has 0 radical (unpaired) electrons. The summed E-state index contributed by atoms with van der Waals surface area (Å²) in [6.07, 6.45) is 0.